The Morgan fingerprint density at radius 1 is 1.00 bits per heavy atom. The fraction of sp³-hybridized carbons (Fsp3) is 0.0333. The van der Waals surface area contributed by atoms with E-state index in [1.807, 2.05) is 55.5 Å². The van der Waals surface area contributed by atoms with E-state index in [4.69, 9.17) is 4.74 Å². The number of ether oxygens (including phenoxy) is 1. The Morgan fingerprint density at radius 2 is 1.73 bits per heavy atom. The number of hydrogen-bond donors (Lipinski definition) is 2. The highest BCUT2D eigenvalue weighted by atomic mass is 79.9. The third kappa shape index (κ3) is 5.96. The number of carbonyl (C=O) groups excluding carboxylic acids is 2. The summed E-state index contributed by atoms with van der Waals surface area (Å²) in [6.07, 6.45) is 1.36. The molecule has 5 aromatic rings. The maximum atomic E-state index is 13.4. The smallest absolute Gasteiger partial charge is 0.343 e. The van der Waals surface area contributed by atoms with Crippen molar-refractivity contribution in [2.75, 3.05) is 0 Å². The summed E-state index contributed by atoms with van der Waals surface area (Å²) < 4.78 is 6.73. The van der Waals surface area contributed by atoms with E-state index in [0.29, 0.717) is 20.2 Å². The SMILES string of the molecule is Cc1cccc2c(-c3ccccc3)c(C(=O)NN=Cc3cc(Br)cc(Br)c3OC(=O)c3ccc([N+](=O)[O-])cc3)[nH]c12. The summed E-state index contributed by atoms with van der Waals surface area (Å²) >= 11 is 6.81. The van der Waals surface area contributed by atoms with E-state index < -0.39 is 16.8 Å². The second-order valence-corrected chi connectivity index (χ2v) is 10.7. The molecule has 1 aromatic heterocycles. The van der Waals surface area contributed by atoms with Crippen LogP contribution >= 0.6 is 31.9 Å². The van der Waals surface area contributed by atoms with Crippen LogP contribution in [0.2, 0.25) is 0 Å². The number of carbonyl (C=O) groups is 2. The summed E-state index contributed by atoms with van der Waals surface area (Å²) in [7, 11) is 0. The number of nitro benzene ring substituents is 1. The molecule has 0 spiro atoms. The van der Waals surface area contributed by atoms with Gasteiger partial charge in [0.15, 0.2) is 5.75 Å². The molecule has 0 fully saturated rings. The summed E-state index contributed by atoms with van der Waals surface area (Å²) in [5.41, 5.74) is 6.81. The van der Waals surface area contributed by atoms with Crippen molar-refractivity contribution < 1.29 is 19.2 Å². The molecule has 1 heterocycles. The molecule has 0 unspecified atom stereocenters. The van der Waals surface area contributed by atoms with Crippen LogP contribution in [0.25, 0.3) is 22.0 Å². The number of amides is 1. The summed E-state index contributed by atoms with van der Waals surface area (Å²) in [4.78, 5) is 39.8. The van der Waals surface area contributed by atoms with Gasteiger partial charge >= 0.3 is 5.97 Å². The number of nitrogens with zero attached hydrogens (tertiary/aromatic N) is 2. The second kappa shape index (κ2) is 11.9. The van der Waals surface area contributed by atoms with Crippen molar-refractivity contribution in [3.05, 3.63) is 126 Å². The highest BCUT2D eigenvalue weighted by molar-refractivity contribution is 9.11. The lowest BCUT2D eigenvalue weighted by atomic mass is 10.0. The lowest BCUT2D eigenvalue weighted by molar-refractivity contribution is -0.384. The Bertz CT molecular complexity index is 1830. The van der Waals surface area contributed by atoms with Gasteiger partial charge in [0, 0.05) is 38.6 Å². The van der Waals surface area contributed by atoms with Crippen LogP contribution in [0.1, 0.15) is 32.0 Å². The van der Waals surface area contributed by atoms with Crippen molar-refractivity contribution in [2.24, 2.45) is 5.10 Å². The van der Waals surface area contributed by atoms with Crippen molar-refractivity contribution >= 4 is 66.5 Å². The number of halogens is 2. The number of nitro groups is 1. The number of H-pyrrole nitrogens is 1. The van der Waals surface area contributed by atoms with Crippen LogP contribution < -0.4 is 10.2 Å². The number of hydrogen-bond acceptors (Lipinski definition) is 6. The van der Waals surface area contributed by atoms with Crippen LogP contribution in [0.5, 0.6) is 5.75 Å². The van der Waals surface area contributed by atoms with E-state index in [-0.39, 0.29) is 17.0 Å². The van der Waals surface area contributed by atoms with Crippen molar-refractivity contribution in [3.8, 4) is 16.9 Å². The normalized spacial score (nSPS) is 11.1. The summed E-state index contributed by atoms with van der Waals surface area (Å²) in [6.45, 7) is 1.97. The lowest BCUT2D eigenvalue weighted by Gasteiger charge is -2.10. The van der Waals surface area contributed by atoms with Gasteiger partial charge in [-0.1, -0.05) is 64.5 Å². The van der Waals surface area contributed by atoms with Gasteiger partial charge in [0.2, 0.25) is 0 Å². The number of aryl methyl sites for hydroxylation is 1. The van der Waals surface area contributed by atoms with Crippen molar-refractivity contribution in [2.45, 2.75) is 6.92 Å². The number of para-hydroxylation sites is 1. The molecule has 0 radical (unpaired) electrons. The largest absolute Gasteiger partial charge is 0.421 e. The Labute approximate surface area is 250 Å². The third-order valence-corrected chi connectivity index (χ3v) is 7.29. The van der Waals surface area contributed by atoms with Crippen molar-refractivity contribution in [1.82, 2.24) is 10.4 Å². The van der Waals surface area contributed by atoms with Gasteiger partial charge in [-0.25, -0.2) is 10.2 Å². The van der Waals surface area contributed by atoms with Crippen LogP contribution in [0, 0.1) is 17.0 Å². The number of aromatic nitrogens is 1. The Morgan fingerprint density at radius 3 is 2.44 bits per heavy atom. The molecule has 11 heteroatoms. The predicted octanol–water partition coefficient (Wildman–Crippen LogP) is 7.56. The topological polar surface area (TPSA) is 127 Å². The zero-order valence-corrected chi connectivity index (χ0v) is 24.5. The molecule has 0 saturated heterocycles. The predicted molar refractivity (Wildman–Crippen MR) is 163 cm³/mol. The molecule has 0 aliphatic rings. The van der Waals surface area contributed by atoms with Gasteiger partial charge in [0.1, 0.15) is 5.69 Å². The van der Waals surface area contributed by atoms with Crippen LogP contribution in [0.4, 0.5) is 5.69 Å². The fourth-order valence-electron chi connectivity index (χ4n) is 4.31. The highest BCUT2D eigenvalue weighted by Crippen LogP contribution is 2.35. The minimum atomic E-state index is -0.720. The minimum Gasteiger partial charge on any atom is -0.421 e. The van der Waals surface area contributed by atoms with Gasteiger partial charge in [0.05, 0.1) is 21.2 Å². The van der Waals surface area contributed by atoms with Crippen LogP contribution in [0.3, 0.4) is 0 Å². The molecule has 2 N–H and O–H groups in total. The Kier molecular flexibility index (Phi) is 8.09. The number of nitrogens with one attached hydrogen (secondary N) is 2. The molecule has 5 rings (SSSR count). The van der Waals surface area contributed by atoms with Crippen LogP contribution in [-0.4, -0.2) is 28.0 Å². The molecule has 0 atom stereocenters. The number of fused-ring (bicyclic) bond motifs is 1. The molecule has 4 aromatic carbocycles. The quantitative estimate of drug-likeness (QED) is 0.0605. The lowest BCUT2D eigenvalue weighted by Crippen LogP contribution is -2.19. The van der Waals surface area contributed by atoms with Gasteiger partial charge in [-0.15, -0.1) is 0 Å². The number of benzene rings is 4. The van der Waals surface area contributed by atoms with Crippen LogP contribution in [0.15, 0.2) is 99.0 Å². The first-order valence-corrected chi connectivity index (χ1v) is 13.8. The molecule has 0 saturated carbocycles. The molecule has 0 bridgehead atoms. The molecular weight excluding hydrogens is 656 g/mol. The first-order chi connectivity index (χ1) is 19.7. The van der Waals surface area contributed by atoms with E-state index in [0.717, 1.165) is 27.6 Å². The van der Waals surface area contributed by atoms with E-state index in [9.17, 15) is 19.7 Å². The maximum Gasteiger partial charge on any atom is 0.343 e. The maximum absolute atomic E-state index is 13.4. The van der Waals surface area contributed by atoms with Gasteiger partial charge in [-0.2, -0.15) is 5.10 Å². The number of rotatable bonds is 7. The standard InChI is InChI=1S/C30H20Br2N4O5/c1-17-6-5-9-23-25(18-7-3-2-4-8-18)27(34-26(17)23)29(37)35-33-16-20-14-21(31)15-24(32)28(20)41-30(38)19-10-12-22(13-11-19)36(39)40/h2-16,34H,1H3,(H,35,37). The third-order valence-electron chi connectivity index (χ3n) is 6.25. The zero-order chi connectivity index (χ0) is 29.1. The minimum absolute atomic E-state index is 0.129. The molecule has 0 aliphatic carbocycles. The van der Waals surface area contributed by atoms with Crippen molar-refractivity contribution in [1.29, 1.82) is 0 Å². The fourth-order valence-corrected chi connectivity index (χ4v) is 5.65. The summed E-state index contributed by atoms with van der Waals surface area (Å²) in [6, 6.07) is 23.9. The average molecular weight is 676 g/mol. The van der Waals surface area contributed by atoms with E-state index in [2.05, 4.69) is 47.4 Å². The highest BCUT2D eigenvalue weighted by Gasteiger charge is 2.20. The summed E-state index contributed by atoms with van der Waals surface area (Å²) in [5, 5.41) is 16.0. The molecule has 9 nitrogen and oxygen atoms in total. The Balaban J connectivity index is 1.42. The Hall–Kier alpha value is -4.61. The van der Waals surface area contributed by atoms with E-state index in [1.54, 1.807) is 12.1 Å². The first-order valence-electron chi connectivity index (χ1n) is 12.2. The van der Waals surface area contributed by atoms with Gasteiger partial charge < -0.3 is 9.72 Å². The van der Waals surface area contributed by atoms with E-state index in [1.165, 1.54) is 30.5 Å². The first kappa shape index (κ1) is 27.9. The van der Waals surface area contributed by atoms with Crippen LogP contribution in [-0.2, 0) is 0 Å². The number of non-ortho nitro benzene ring substituents is 1. The number of aromatic amines is 1. The molecule has 1 amide bonds. The van der Waals surface area contributed by atoms with Crippen molar-refractivity contribution in [3.63, 3.8) is 0 Å². The monoisotopic (exact) mass is 674 g/mol. The number of hydrazone groups is 1. The van der Waals surface area contributed by atoms with Gasteiger partial charge in [-0.05, 0) is 58.2 Å². The second-order valence-electron chi connectivity index (χ2n) is 8.94. The van der Waals surface area contributed by atoms with Gasteiger partial charge in [-0.3, -0.25) is 14.9 Å². The number of esters is 1. The average Bonchev–Trinajstić information content (AvgIpc) is 3.36. The molecular formula is C30H20Br2N4O5. The summed E-state index contributed by atoms with van der Waals surface area (Å²) in [5.74, 6) is -1.02. The zero-order valence-electron chi connectivity index (χ0n) is 21.4. The van der Waals surface area contributed by atoms with E-state index >= 15 is 0 Å². The molecule has 0 aliphatic heterocycles. The molecule has 41 heavy (non-hydrogen) atoms. The van der Waals surface area contributed by atoms with Gasteiger partial charge in [0.25, 0.3) is 11.6 Å². The molecule has 204 valence electrons.